The quantitative estimate of drug-likeness (QED) is 0.790. The van der Waals surface area contributed by atoms with Crippen LogP contribution in [0.4, 0.5) is 5.69 Å². The fourth-order valence-electron chi connectivity index (χ4n) is 2.04. The molecule has 0 saturated heterocycles. The summed E-state index contributed by atoms with van der Waals surface area (Å²) in [5.41, 5.74) is 8.90. The maximum absolute atomic E-state index is 6.06. The molecular formula is C15H15N3S. The molecule has 0 radical (unpaired) electrons. The van der Waals surface area contributed by atoms with Crippen LogP contribution in [0.25, 0.3) is 10.6 Å². The first kappa shape index (κ1) is 12.0. The standard InChI is InChI=1S/C15H15N3S/c1-11-7-8-14(19-11)15-13(16)10-18(17-15)9-12-5-3-2-4-6-12/h2-8,10H,9,16H2,1H3. The third-order valence-corrected chi connectivity index (χ3v) is 3.96. The van der Waals surface area contributed by atoms with Gasteiger partial charge in [-0.15, -0.1) is 11.3 Å². The fourth-order valence-corrected chi connectivity index (χ4v) is 2.92. The predicted molar refractivity (Wildman–Crippen MR) is 80.2 cm³/mol. The van der Waals surface area contributed by atoms with Gasteiger partial charge in [0.1, 0.15) is 5.69 Å². The fraction of sp³-hybridized carbons (Fsp3) is 0.133. The van der Waals surface area contributed by atoms with Gasteiger partial charge in [0, 0.05) is 11.1 Å². The number of anilines is 1. The molecule has 3 nitrogen and oxygen atoms in total. The van der Waals surface area contributed by atoms with E-state index in [1.54, 1.807) is 11.3 Å². The van der Waals surface area contributed by atoms with Crippen LogP contribution in [0, 0.1) is 6.92 Å². The van der Waals surface area contributed by atoms with Crippen molar-refractivity contribution >= 4 is 17.0 Å². The molecule has 96 valence electrons. The van der Waals surface area contributed by atoms with Crippen LogP contribution in [0.5, 0.6) is 0 Å². The van der Waals surface area contributed by atoms with E-state index < -0.39 is 0 Å². The van der Waals surface area contributed by atoms with Crippen LogP contribution in [-0.4, -0.2) is 9.78 Å². The average molecular weight is 269 g/mol. The van der Waals surface area contributed by atoms with Crippen LogP contribution in [0.2, 0.25) is 0 Å². The maximum atomic E-state index is 6.06. The average Bonchev–Trinajstić information content (AvgIpc) is 2.97. The second-order valence-corrected chi connectivity index (χ2v) is 5.81. The molecule has 2 N–H and O–H groups in total. The predicted octanol–water partition coefficient (Wildman–Crippen LogP) is 3.55. The number of thiophene rings is 1. The van der Waals surface area contributed by atoms with Gasteiger partial charge in [0.25, 0.3) is 0 Å². The van der Waals surface area contributed by atoms with Crippen LogP contribution in [0.1, 0.15) is 10.4 Å². The minimum Gasteiger partial charge on any atom is -0.396 e. The van der Waals surface area contributed by atoms with E-state index in [0.29, 0.717) is 0 Å². The first-order valence-corrected chi connectivity index (χ1v) is 6.98. The highest BCUT2D eigenvalue weighted by atomic mass is 32.1. The highest BCUT2D eigenvalue weighted by Gasteiger charge is 2.10. The van der Waals surface area contributed by atoms with Crippen molar-refractivity contribution in [2.24, 2.45) is 0 Å². The number of aryl methyl sites for hydroxylation is 1. The summed E-state index contributed by atoms with van der Waals surface area (Å²) in [7, 11) is 0. The van der Waals surface area contributed by atoms with Gasteiger partial charge in [0.05, 0.1) is 17.1 Å². The minimum atomic E-state index is 0.734. The molecule has 0 aliphatic carbocycles. The smallest absolute Gasteiger partial charge is 0.125 e. The zero-order chi connectivity index (χ0) is 13.2. The van der Waals surface area contributed by atoms with Gasteiger partial charge in [-0.05, 0) is 24.6 Å². The number of benzene rings is 1. The topological polar surface area (TPSA) is 43.8 Å². The Balaban J connectivity index is 1.89. The van der Waals surface area contributed by atoms with Crippen molar-refractivity contribution in [3.8, 4) is 10.6 Å². The Kier molecular flexibility index (Phi) is 3.09. The van der Waals surface area contributed by atoms with Crippen LogP contribution in [0.15, 0.2) is 48.7 Å². The van der Waals surface area contributed by atoms with Gasteiger partial charge >= 0.3 is 0 Å². The van der Waals surface area contributed by atoms with Gasteiger partial charge in [0.2, 0.25) is 0 Å². The summed E-state index contributed by atoms with van der Waals surface area (Å²) >= 11 is 1.72. The molecule has 2 heterocycles. The van der Waals surface area contributed by atoms with E-state index in [4.69, 9.17) is 5.73 Å². The molecule has 2 aromatic heterocycles. The van der Waals surface area contributed by atoms with Crippen molar-refractivity contribution in [3.63, 3.8) is 0 Å². The molecule has 3 rings (SSSR count). The number of nitrogens with zero attached hydrogens (tertiary/aromatic N) is 2. The van der Waals surface area contributed by atoms with E-state index in [1.165, 1.54) is 10.4 Å². The Labute approximate surface area is 116 Å². The van der Waals surface area contributed by atoms with E-state index in [0.717, 1.165) is 22.8 Å². The van der Waals surface area contributed by atoms with E-state index in [1.807, 2.05) is 29.1 Å². The third-order valence-electron chi connectivity index (χ3n) is 2.95. The number of rotatable bonds is 3. The van der Waals surface area contributed by atoms with Crippen molar-refractivity contribution in [1.29, 1.82) is 0 Å². The number of aromatic nitrogens is 2. The van der Waals surface area contributed by atoms with Crippen LogP contribution in [0.3, 0.4) is 0 Å². The molecule has 0 aliphatic rings. The summed E-state index contributed by atoms with van der Waals surface area (Å²) in [6.45, 7) is 2.83. The second-order valence-electron chi connectivity index (χ2n) is 4.53. The Morgan fingerprint density at radius 1 is 1.16 bits per heavy atom. The molecule has 0 amide bonds. The van der Waals surface area contributed by atoms with Gasteiger partial charge in [-0.1, -0.05) is 30.3 Å². The molecule has 3 aromatic rings. The molecule has 0 aliphatic heterocycles. The molecule has 0 bridgehead atoms. The highest BCUT2D eigenvalue weighted by molar-refractivity contribution is 7.15. The maximum Gasteiger partial charge on any atom is 0.125 e. The van der Waals surface area contributed by atoms with Gasteiger partial charge in [-0.2, -0.15) is 5.10 Å². The summed E-state index contributed by atoms with van der Waals surface area (Å²) in [4.78, 5) is 2.40. The lowest BCUT2D eigenvalue weighted by molar-refractivity contribution is 0.690. The second kappa shape index (κ2) is 4.90. The number of hydrogen-bond donors (Lipinski definition) is 1. The lowest BCUT2D eigenvalue weighted by atomic mass is 10.2. The molecule has 19 heavy (non-hydrogen) atoms. The van der Waals surface area contributed by atoms with Gasteiger partial charge in [-0.3, -0.25) is 4.68 Å². The Bertz CT molecular complexity index is 682. The number of hydrogen-bond acceptors (Lipinski definition) is 3. The largest absolute Gasteiger partial charge is 0.396 e. The van der Waals surface area contributed by atoms with Crippen molar-refractivity contribution in [3.05, 3.63) is 59.1 Å². The Morgan fingerprint density at radius 2 is 1.95 bits per heavy atom. The van der Waals surface area contributed by atoms with E-state index >= 15 is 0 Å². The number of nitrogens with two attached hydrogens (primary N) is 1. The van der Waals surface area contributed by atoms with E-state index in [2.05, 4.69) is 36.3 Å². The van der Waals surface area contributed by atoms with Crippen LogP contribution in [-0.2, 0) is 6.54 Å². The molecule has 0 saturated carbocycles. The Morgan fingerprint density at radius 3 is 2.63 bits per heavy atom. The lowest BCUT2D eigenvalue weighted by Crippen LogP contribution is -1.99. The third kappa shape index (κ3) is 2.53. The lowest BCUT2D eigenvalue weighted by Gasteiger charge is -2.00. The summed E-state index contributed by atoms with van der Waals surface area (Å²) in [6.07, 6.45) is 1.90. The molecule has 4 heteroatoms. The molecule has 0 atom stereocenters. The highest BCUT2D eigenvalue weighted by Crippen LogP contribution is 2.30. The summed E-state index contributed by atoms with van der Waals surface area (Å²) in [5, 5.41) is 4.59. The van der Waals surface area contributed by atoms with E-state index in [9.17, 15) is 0 Å². The summed E-state index contributed by atoms with van der Waals surface area (Å²) in [5.74, 6) is 0. The zero-order valence-electron chi connectivity index (χ0n) is 10.7. The van der Waals surface area contributed by atoms with Crippen molar-refractivity contribution in [2.75, 3.05) is 5.73 Å². The van der Waals surface area contributed by atoms with E-state index in [-0.39, 0.29) is 0 Å². The molecule has 0 spiro atoms. The molecular weight excluding hydrogens is 254 g/mol. The van der Waals surface area contributed by atoms with Gasteiger partial charge < -0.3 is 5.73 Å². The summed E-state index contributed by atoms with van der Waals surface area (Å²) < 4.78 is 1.90. The first-order chi connectivity index (χ1) is 9.22. The first-order valence-electron chi connectivity index (χ1n) is 6.16. The zero-order valence-corrected chi connectivity index (χ0v) is 11.5. The number of nitrogen functional groups attached to an aromatic ring is 1. The summed E-state index contributed by atoms with van der Waals surface area (Å²) in [6, 6.07) is 14.4. The van der Waals surface area contributed by atoms with Crippen LogP contribution >= 0.6 is 11.3 Å². The van der Waals surface area contributed by atoms with Gasteiger partial charge in [-0.25, -0.2) is 0 Å². The van der Waals surface area contributed by atoms with Crippen molar-refractivity contribution < 1.29 is 0 Å². The molecule has 0 fully saturated rings. The van der Waals surface area contributed by atoms with Gasteiger partial charge in [0.15, 0.2) is 0 Å². The van der Waals surface area contributed by atoms with Crippen LogP contribution < -0.4 is 5.73 Å². The normalized spacial score (nSPS) is 10.8. The monoisotopic (exact) mass is 269 g/mol. The SMILES string of the molecule is Cc1ccc(-c2nn(Cc3ccccc3)cc2N)s1. The molecule has 1 aromatic carbocycles. The van der Waals surface area contributed by atoms with Crippen molar-refractivity contribution in [2.45, 2.75) is 13.5 Å². The Hall–Kier alpha value is -2.07. The minimum absolute atomic E-state index is 0.734. The molecule has 0 unspecified atom stereocenters. The van der Waals surface area contributed by atoms with Crippen molar-refractivity contribution in [1.82, 2.24) is 9.78 Å².